The third kappa shape index (κ3) is 12.6. The summed E-state index contributed by atoms with van der Waals surface area (Å²) in [5.41, 5.74) is 0. The number of rotatable bonds is 1. The molecule has 0 spiro atoms. The molecular formula is C10H14Ni. The molecule has 0 heterocycles. The Balaban J connectivity index is 0. The van der Waals surface area contributed by atoms with Crippen molar-refractivity contribution in [1.82, 2.24) is 0 Å². The van der Waals surface area contributed by atoms with Crippen LogP contribution in [0.1, 0.15) is 13.8 Å². The van der Waals surface area contributed by atoms with Crippen molar-refractivity contribution in [3.63, 3.8) is 0 Å². The summed E-state index contributed by atoms with van der Waals surface area (Å²) < 4.78 is 0. The summed E-state index contributed by atoms with van der Waals surface area (Å²) in [4.78, 5) is 0. The fourth-order valence-corrected chi connectivity index (χ4v) is 0.513. The number of hydrogen-bond acceptors (Lipinski definition) is 0. The van der Waals surface area contributed by atoms with Crippen LogP contribution in [-0.2, 0) is 16.5 Å². The van der Waals surface area contributed by atoms with Crippen LogP contribution in [0.2, 0.25) is 0 Å². The smallest absolute Gasteiger partial charge is 0.233 e. The first-order valence-electron chi connectivity index (χ1n) is 3.49. The van der Waals surface area contributed by atoms with Gasteiger partial charge in [-0.15, -0.1) is 13.8 Å². The summed E-state index contributed by atoms with van der Waals surface area (Å²) in [6, 6.07) is 10.0. The molecule has 0 atom stereocenters. The van der Waals surface area contributed by atoms with Crippen molar-refractivity contribution >= 4 is 0 Å². The van der Waals surface area contributed by atoms with E-state index in [0.29, 0.717) is 0 Å². The average molecular weight is 193 g/mol. The van der Waals surface area contributed by atoms with Crippen LogP contribution in [0.4, 0.5) is 0 Å². The average Bonchev–Trinajstić information content (AvgIpc) is 2.44. The Kier molecular flexibility index (Phi) is 14.5. The van der Waals surface area contributed by atoms with E-state index in [1.165, 1.54) is 0 Å². The Hall–Kier alpha value is -0.546. The van der Waals surface area contributed by atoms with Gasteiger partial charge in [-0.05, 0) is 0 Å². The van der Waals surface area contributed by atoms with Crippen LogP contribution in [0.3, 0.4) is 0 Å². The minimum atomic E-state index is 0. The summed E-state index contributed by atoms with van der Waals surface area (Å²) >= 11 is 0. The molecule has 0 amide bonds. The molecule has 0 N–H and O–H groups in total. The van der Waals surface area contributed by atoms with Crippen LogP contribution in [0.15, 0.2) is 42.5 Å². The molecule has 0 aromatic heterocycles. The number of allylic oxidation sites excluding steroid dienone is 2. The molecule has 0 aliphatic heterocycles. The van der Waals surface area contributed by atoms with Gasteiger partial charge in [0.1, 0.15) is 0 Å². The van der Waals surface area contributed by atoms with Gasteiger partial charge in [-0.2, -0.15) is 18.2 Å². The minimum absolute atomic E-state index is 0. The van der Waals surface area contributed by atoms with Crippen LogP contribution < -0.4 is 0 Å². The molecule has 0 saturated heterocycles. The van der Waals surface area contributed by atoms with Gasteiger partial charge in [0.2, 0.25) is 0 Å². The molecule has 0 aliphatic carbocycles. The second-order valence-corrected chi connectivity index (χ2v) is 1.82. The van der Waals surface area contributed by atoms with E-state index in [2.05, 4.69) is 0 Å². The zero-order valence-electron chi connectivity index (χ0n) is 6.94. The first-order chi connectivity index (χ1) is 4.91. The van der Waals surface area contributed by atoms with E-state index in [9.17, 15) is 0 Å². The van der Waals surface area contributed by atoms with Gasteiger partial charge in [-0.1, -0.05) is 0 Å². The molecule has 11 heavy (non-hydrogen) atoms. The van der Waals surface area contributed by atoms with Crippen molar-refractivity contribution in [2.75, 3.05) is 0 Å². The Morgan fingerprint density at radius 2 is 1.82 bits per heavy atom. The summed E-state index contributed by atoms with van der Waals surface area (Å²) in [5.74, 6) is 0. The molecule has 0 nitrogen and oxygen atoms in total. The molecule has 0 aliphatic rings. The SMILES string of the molecule is CC=C[CH-]C.[Ni+2].c1cc[cH-]c1. The predicted molar refractivity (Wildman–Crippen MR) is 46.8 cm³/mol. The minimum Gasteiger partial charge on any atom is -0.233 e. The van der Waals surface area contributed by atoms with Crippen molar-refractivity contribution in [3.8, 4) is 0 Å². The van der Waals surface area contributed by atoms with Gasteiger partial charge >= 0.3 is 16.5 Å². The fraction of sp³-hybridized carbons (Fsp3) is 0.200. The Morgan fingerprint density at radius 3 is 1.91 bits per heavy atom. The van der Waals surface area contributed by atoms with Crippen LogP contribution in [-0.4, -0.2) is 0 Å². The van der Waals surface area contributed by atoms with Crippen LogP contribution in [0, 0.1) is 6.42 Å². The standard InChI is InChI=1S/C5H5.C5H9.Ni/c1-2-4-5-3-1;1-3-5-4-2;/h1-5H;3-5H,1-2H3;/q2*-1;+2. The van der Waals surface area contributed by atoms with Crippen molar-refractivity contribution < 1.29 is 16.5 Å². The Morgan fingerprint density at radius 1 is 1.27 bits per heavy atom. The van der Waals surface area contributed by atoms with E-state index in [-0.39, 0.29) is 16.5 Å². The quantitative estimate of drug-likeness (QED) is 0.474. The Bertz CT molecular complexity index is 123. The molecular weight excluding hydrogens is 179 g/mol. The molecule has 1 heteroatoms. The zero-order chi connectivity index (χ0) is 7.66. The molecule has 64 valence electrons. The molecule has 0 bridgehead atoms. The largest absolute Gasteiger partial charge is 2.00 e. The summed E-state index contributed by atoms with van der Waals surface area (Å²) in [7, 11) is 0. The van der Waals surface area contributed by atoms with E-state index < -0.39 is 0 Å². The topological polar surface area (TPSA) is 0 Å². The van der Waals surface area contributed by atoms with Gasteiger partial charge in [0.15, 0.2) is 0 Å². The molecule has 1 aromatic rings. The summed E-state index contributed by atoms with van der Waals surface area (Å²) in [5, 5.41) is 0. The van der Waals surface area contributed by atoms with Gasteiger partial charge < -0.3 is 0 Å². The first-order valence-corrected chi connectivity index (χ1v) is 3.49. The molecule has 0 unspecified atom stereocenters. The van der Waals surface area contributed by atoms with Crippen LogP contribution in [0.25, 0.3) is 0 Å². The van der Waals surface area contributed by atoms with Crippen molar-refractivity contribution in [1.29, 1.82) is 0 Å². The second kappa shape index (κ2) is 12.2. The van der Waals surface area contributed by atoms with Gasteiger partial charge in [-0.25, -0.2) is 30.7 Å². The second-order valence-electron chi connectivity index (χ2n) is 1.82. The first kappa shape index (κ1) is 13.1. The van der Waals surface area contributed by atoms with Crippen LogP contribution >= 0.6 is 0 Å². The normalized spacial score (nSPS) is 7.82. The van der Waals surface area contributed by atoms with Crippen molar-refractivity contribution in [3.05, 3.63) is 48.9 Å². The van der Waals surface area contributed by atoms with Gasteiger partial charge in [0.25, 0.3) is 0 Å². The van der Waals surface area contributed by atoms with E-state index in [1.54, 1.807) is 0 Å². The molecule has 1 aromatic carbocycles. The molecule has 0 saturated carbocycles. The zero-order valence-corrected chi connectivity index (χ0v) is 7.92. The maximum atomic E-state index is 2.00. The van der Waals surface area contributed by atoms with E-state index in [4.69, 9.17) is 0 Å². The third-order valence-corrected chi connectivity index (χ3v) is 0.940. The van der Waals surface area contributed by atoms with E-state index in [0.717, 1.165) is 0 Å². The number of hydrogen-bond donors (Lipinski definition) is 0. The monoisotopic (exact) mass is 192 g/mol. The van der Waals surface area contributed by atoms with Crippen molar-refractivity contribution in [2.45, 2.75) is 13.8 Å². The van der Waals surface area contributed by atoms with Gasteiger partial charge in [-0.3, -0.25) is 0 Å². The third-order valence-electron chi connectivity index (χ3n) is 0.940. The maximum Gasteiger partial charge on any atom is 2.00 e. The molecule has 0 radical (unpaired) electrons. The summed E-state index contributed by atoms with van der Waals surface area (Å²) in [6.45, 7) is 4.00. The molecule has 0 fully saturated rings. The van der Waals surface area contributed by atoms with E-state index >= 15 is 0 Å². The summed E-state index contributed by atoms with van der Waals surface area (Å²) in [6.07, 6.45) is 6.00. The fourth-order valence-electron chi connectivity index (χ4n) is 0.513. The van der Waals surface area contributed by atoms with Gasteiger partial charge in [0.05, 0.1) is 0 Å². The predicted octanol–water partition coefficient (Wildman–Crippen LogP) is 3.19. The molecule has 1 rings (SSSR count). The Labute approximate surface area is 79.6 Å². The van der Waals surface area contributed by atoms with Gasteiger partial charge in [0, 0.05) is 0 Å². The van der Waals surface area contributed by atoms with Crippen LogP contribution in [0.5, 0.6) is 0 Å². The van der Waals surface area contributed by atoms with Crippen molar-refractivity contribution in [2.24, 2.45) is 0 Å². The van der Waals surface area contributed by atoms with E-state index in [1.807, 2.05) is 62.8 Å². The maximum absolute atomic E-state index is 2.00.